The number of alkyl halides is 2. The maximum absolute atomic E-state index is 12.2. The van der Waals surface area contributed by atoms with Crippen LogP contribution < -0.4 is 15.4 Å². The van der Waals surface area contributed by atoms with Crippen LogP contribution in [0.3, 0.4) is 0 Å². The molecular weight excluding hydrogens is 362 g/mol. The summed E-state index contributed by atoms with van der Waals surface area (Å²) in [5, 5.41) is 5.14. The normalized spacial score (nSPS) is 10.4. The van der Waals surface area contributed by atoms with E-state index in [9.17, 15) is 18.4 Å². The summed E-state index contributed by atoms with van der Waals surface area (Å²) in [6.07, 6.45) is 0. The van der Waals surface area contributed by atoms with E-state index >= 15 is 0 Å². The Morgan fingerprint density at radius 1 is 1.04 bits per heavy atom. The third kappa shape index (κ3) is 7.10. The summed E-state index contributed by atoms with van der Waals surface area (Å²) in [6.45, 7) is -2.70. The van der Waals surface area contributed by atoms with E-state index in [1.165, 1.54) is 24.3 Å². The summed E-state index contributed by atoms with van der Waals surface area (Å²) in [5.74, 6) is -0.281. The van der Waals surface area contributed by atoms with E-state index in [1.807, 2.05) is 30.3 Å². The molecule has 0 aromatic heterocycles. The highest BCUT2D eigenvalue weighted by molar-refractivity contribution is 7.99. The third-order valence-corrected chi connectivity index (χ3v) is 4.18. The molecule has 26 heavy (non-hydrogen) atoms. The highest BCUT2D eigenvalue weighted by atomic mass is 32.2. The van der Waals surface area contributed by atoms with E-state index in [1.54, 1.807) is 11.8 Å². The van der Waals surface area contributed by atoms with Gasteiger partial charge in [-0.05, 0) is 30.3 Å². The zero-order valence-corrected chi connectivity index (χ0v) is 14.6. The molecular formula is C18H18F2N2O3S. The van der Waals surface area contributed by atoms with Crippen molar-refractivity contribution in [2.75, 3.05) is 18.8 Å². The van der Waals surface area contributed by atoms with Gasteiger partial charge < -0.3 is 15.4 Å². The maximum Gasteiger partial charge on any atom is 0.387 e. The Kier molecular flexibility index (Phi) is 7.88. The zero-order chi connectivity index (χ0) is 18.8. The molecule has 0 heterocycles. The molecule has 0 aliphatic carbocycles. The Hall–Kier alpha value is -2.61. The molecule has 0 radical (unpaired) electrons. The van der Waals surface area contributed by atoms with E-state index in [0.29, 0.717) is 12.3 Å². The van der Waals surface area contributed by atoms with E-state index < -0.39 is 12.5 Å². The number of hydrogen-bond acceptors (Lipinski definition) is 4. The summed E-state index contributed by atoms with van der Waals surface area (Å²) in [7, 11) is 0. The van der Waals surface area contributed by atoms with Crippen LogP contribution in [0.5, 0.6) is 5.75 Å². The maximum atomic E-state index is 12.2. The highest BCUT2D eigenvalue weighted by Crippen LogP contribution is 2.16. The minimum absolute atomic E-state index is 0.116. The van der Waals surface area contributed by atoms with E-state index in [4.69, 9.17) is 0 Å². The Labute approximate surface area is 154 Å². The van der Waals surface area contributed by atoms with Gasteiger partial charge in [0, 0.05) is 22.8 Å². The average molecular weight is 380 g/mol. The van der Waals surface area contributed by atoms with Crippen LogP contribution in [0.25, 0.3) is 0 Å². The molecule has 2 aromatic carbocycles. The summed E-state index contributed by atoms with van der Waals surface area (Å²) in [5.41, 5.74) is 0.135. The van der Waals surface area contributed by atoms with Gasteiger partial charge in [-0.15, -0.1) is 11.8 Å². The molecule has 0 atom stereocenters. The van der Waals surface area contributed by atoms with Crippen LogP contribution >= 0.6 is 11.8 Å². The second-order valence-corrected chi connectivity index (χ2v) is 6.27. The standard InChI is InChI=1S/C18H18F2N2O3S/c19-18(20)25-14-6-4-5-13(11-14)17(24)22-12-16(23)21-9-10-26-15-7-2-1-3-8-15/h1-8,11,18H,9-10,12H2,(H,21,23)(H,22,24). The average Bonchev–Trinajstić information content (AvgIpc) is 2.64. The third-order valence-electron chi connectivity index (χ3n) is 3.17. The predicted octanol–water partition coefficient (Wildman–Crippen LogP) is 2.93. The molecule has 0 aliphatic rings. The molecule has 0 unspecified atom stereocenters. The molecule has 2 aromatic rings. The fourth-order valence-corrected chi connectivity index (χ4v) is 2.80. The fourth-order valence-electron chi connectivity index (χ4n) is 2.01. The summed E-state index contributed by atoms with van der Waals surface area (Å²) >= 11 is 1.61. The lowest BCUT2D eigenvalue weighted by Gasteiger charge is -2.08. The lowest BCUT2D eigenvalue weighted by atomic mass is 10.2. The SMILES string of the molecule is O=C(CNC(=O)c1cccc(OC(F)F)c1)NCCSc1ccccc1. The van der Waals surface area contributed by atoms with Crippen molar-refractivity contribution in [1.82, 2.24) is 10.6 Å². The van der Waals surface area contributed by atoms with E-state index in [0.717, 1.165) is 4.90 Å². The number of ether oxygens (including phenoxy) is 1. The predicted molar refractivity (Wildman–Crippen MR) is 95.6 cm³/mol. The van der Waals surface area contributed by atoms with E-state index in [2.05, 4.69) is 15.4 Å². The lowest BCUT2D eigenvalue weighted by Crippen LogP contribution is -2.37. The molecule has 0 aliphatic heterocycles. The van der Waals surface area contributed by atoms with Crippen LogP contribution in [0.2, 0.25) is 0 Å². The minimum atomic E-state index is -2.96. The number of carbonyl (C=O) groups excluding carboxylic acids is 2. The Balaban J connectivity index is 1.69. The number of halogens is 2. The number of benzene rings is 2. The first-order chi connectivity index (χ1) is 12.5. The van der Waals surface area contributed by atoms with Crippen LogP contribution in [-0.4, -0.2) is 37.3 Å². The van der Waals surface area contributed by atoms with Gasteiger partial charge in [0.05, 0.1) is 6.54 Å². The molecule has 5 nitrogen and oxygen atoms in total. The molecule has 0 bridgehead atoms. The van der Waals surface area contributed by atoms with Crippen molar-refractivity contribution < 1.29 is 23.1 Å². The second kappa shape index (κ2) is 10.4. The van der Waals surface area contributed by atoms with Crippen LogP contribution in [0.15, 0.2) is 59.5 Å². The van der Waals surface area contributed by atoms with Crippen LogP contribution in [0, 0.1) is 0 Å². The highest BCUT2D eigenvalue weighted by Gasteiger charge is 2.10. The van der Waals surface area contributed by atoms with Crippen molar-refractivity contribution in [3.8, 4) is 5.75 Å². The van der Waals surface area contributed by atoms with Crippen LogP contribution in [-0.2, 0) is 4.79 Å². The smallest absolute Gasteiger partial charge is 0.387 e. The molecule has 2 amide bonds. The molecule has 8 heteroatoms. The molecule has 0 spiro atoms. The van der Waals surface area contributed by atoms with Crippen molar-refractivity contribution in [2.24, 2.45) is 0 Å². The van der Waals surface area contributed by atoms with Gasteiger partial charge in [-0.2, -0.15) is 8.78 Å². The van der Waals surface area contributed by atoms with Gasteiger partial charge in [0.25, 0.3) is 5.91 Å². The van der Waals surface area contributed by atoms with Crippen molar-refractivity contribution in [3.63, 3.8) is 0 Å². The summed E-state index contributed by atoms with van der Waals surface area (Å²) in [6, 6.07) is 15.2. The number of nitrogens with one attached hydrogen (secondary N) is 2. The van der Waals surface area contributed by atoms with Gasteiger partial charge in [-0.3, -0.25) is 9.59 Å². The first-order valence-corrected chi connectivity index (χ1v) is 8.81. The van der Waals surface area contributed by atoms with Crippen molar-refractivity contribution in [1.29, 1.82) is 0 Å². The van der Waals surface area contributed by atoms with Crippen molar-refractivity contribution in [3.05, 3.63) is 60.2 Å². The van der Waals surface area contributed by atoms with Gasteiger partial charge in [-0.1, -0.05) is 24.3 Å². The Bertz CT molecular complexity index is 729. The summed E-state index contributed by atoms with van der Waals surface area (Å²) < 4.78 is 28.6. The van der Waals surface area contributed by atoms with Gasteiger partial charge in [-0.25, -0.2) is 0 Å². The molecule has 0 fully saturated rings. The number of carbonyl (C=O) groups is 2. The zero-order valence-electron chi connectivity index (χ0n) is 13.8. The molecule has 0 saturated heterocycles. The second-order valence-electron chi connectivity index (χ2n) is 5.10. The first kappa shape index (κ1) is 19.7. The Morgan fingerprint density at radius 2 is 1.81 bits per heavy atom. The number of hydrogen-bond donors (Lipinski definition) is 2. The fraction of sp³-hybridized carbons (Fsp3) is 0.222. The number of rotatable bonds is 9. The largest absolute Gasteiger partial charge is 0.435 e. The van der Waals surface area contributed by atoms with E-state index in [-0.39, 0.29) is 23.8 Å². The van der Waals surface area contributed by atoms with Crippen molar-refractivity contribution >= 4 is 23.6 Å². The number of amides is 2. The van der Waals surface area contributed by atoms with Gasteiger partial charge in [0.2, 0.25) is 5.91 Å². The van der Waals surface area contributed by atoms with Crippen LogP contribution in [0.4, 0.5) is 8.78 Å². The first-order valence-electron chi connectivity index (χ1n) is 7.82. The van der Waals surface area contributed by atoms with Gasteiger partial charge >= 0.3 is 6.61 Å². The monoisotopic (exact) mass is 380 g/mol. The molecule has 2 N–H and O–H groups in total. The lowest BCUT2D eigenvalue weighted by molar-refractivity contribution is -0.120. The molecule has 138 valence electrons. The van der Waals surface area contributed by atoms with Crippen molar-refractivity contribution in [2.45, 2.75) is 11.5 Å². The Morgan fingerprint density at radius 3 is 2.54 bits per heavy atom. The summed E-state index contributed by atoms with van der Waals surface area (Å²) in [4.78, 5) is 24.8. The number of thioether (sulfide) groups is 1. The molecule has 0 saturated carbocycles. The minimum Gasteiger partial charge on any atom is -0.435 e. The van der Waals surface area contributed by atoms with Crippen LogP contribution in [0.1, 0.15) is 10.4 Å². The van der Waals surface area contributed by atoms with Gasteiger partial charge in [0.15, 0.2) is 0 Å². The quantitative estimate of drug-likeness (QED) is 0.519. The topological polar surface area (TPSA) is 67.4 Å². The van der Waals surface area contributed by atoms with Gasteiger partial charge in [0.1, 0.15) is 5.75 Å². The molecule has 2 rings (SSSR count).